The minimum absolute atomic E-state index is 0.209. The summed E-state index contributed by atoms with van der Waals surface area (Å²) < 4.78 is 0. The summed E-state index contributed by atoms with van der Waals surface area (Å²) in [4.78, 5) is 18.3. The van der Waals surface area contributed by atoms with Crippen LogP contribution in [0.5, 0.6) is 0 Å². The van der Waals surface area contributed by atoms with E-state index in [9.17, 15) is 9.90 Å². The lowest BCUT2D eigenvalue weighted by molar-refractivity contribution is 0.0501. The van der Waals surface area contributed by atoms with Crippen molar-refractivity contribution < 1.29 is 9.90 Å². The molecule has 0 fully saturated rings. The first kappa shape index (κ1) is 19.3. The van der Waals surface area contributed by atoms with Gasteiger partial charge in [-0.05, 0) is 50.6 Å². The Labute approximate surface area is 153 Å². The smallest absolute Gasteiger partial charge is 0.321 e. The number of rotatable bonds is 7. The quantitative estimate of drug-likeness (QED) is 0.734. The van der Waals surface area contributed by atoms with Gasteiger partial charge in [-0.3, -0.25) is 0 Å². The van der Waals surface area contributed by atoms with Gasteiger partial charge in [0.1, 0.15) is 0 Å². The maximum atomic E-state index is 12.4. The number of urea groups is 1. The Hall–Kier alpha value is -2.05. The van der Waals surface area contributed by atoms with Gasteiger partial charge in [0.2, 0.25) is 0 Å². The van der Waals surface area contributed by atoms with Crippen LogP contribution >= 0.6 is 11.8 Å². The zero-order valence-corrected chi connectivity index (χ0v) is 15.7. The van der Waals surface area contributed by atoms with E-state index < -0.39 is 5.60 Å². The Kier molecular flexibility index (Phi) is 6.84. The molecule has 0 saturated carbocycles. The summed E-state index contributed by atoms with van der Waals surface area (Å²) >= 11 is 1.65. The molecule has 0 unspecified atom stereocenters. The van der Waals surface area contributed by atoms with Crippen molar-refractivity contribution in [3.8, 4) is 0 Å². The van der Waals surface area contributed by atoms with Gasteiger partial charge in [0.25, 0.3) is 0 Å². The number of carbonyl (C=O) groups excluding carboxylic acids is 1. The lowest BCUT2D eigenvalue weighted by atomic mass is 10.1. The summed E-state index contributed by atoms with van der Waals surface area (Å²) in [6.45, 7) is 6.09. The molecule has 0 aliphatic carbocycles. The molecule has 25 heavy (non-hydrogen) atoms. The average molecular weight is 359 g/mol. The van der Waals surface area contributed by atoms with E-state index in [1.165, 1.54) is 0 Å². The Morgan fingerprint density at radius 1 is 1.28 bits per heavy atom. The number of nitrogens with zero attached hydrogens (tertiary/aromatic N) is 2. The highest BCUT2D eigenvalue weighted by molar-refractivity contribution is 7.98. The van der Waals surface area contributed by atoms with Gasteiger partial charge < -0.3 is 15.3 Å². The third-order valence-electron chi connectivity index (χ3n) is 3.45. The third-order valence-corrected chi connectivity index (χ3v) is 4.46. The van der Waals surface area contributed by atoms with E-state index in [1.807, 2.05) is 49.4 Å². The van der Waals surface area contributed by atoms with Crippen LogP contribution in [0.15, 0.2) is 53.7 Å². The maximum absolute atomic E-state index is 12.4. The van der Waals surface area contributed by atoms with E-state index in [4.69, 9.17) is 0 Å². The molecule has 134 valence electrons. The zero-order chi connectivity index (χ0) is 18.3. The Bertz CT molecular complexity index is 687. The zero-order valence-electron chi connectivity index (χ0n) is 14.9. The van der Waals surface area contributed by atoms with Crippen LogP contribution in [0, 0.1) is 0 Å². The summed E-state index contributed by atoms with van der Waals surface area (Å²) in [6.07, 6.45) is 1.78. The molecule has 0 saturated heterocycles. The van der Waals surface area contributed by atoms with Gasteiger partial charge in [0.15, 0.2) is 0 Å². The van der Waals surface area contributed by atoms with Crippen LogP contribution in [0.2, 0.25) is 0 Å². The van der Waals surface area contributed by atoms with Crippen molar-refractivity contribution in [1.82, 2.24) is 9.88 Å². The molecule has 2 N–H and O–H groups in total. The molecule has 0 aliphatic heterocycles. The number of pyridine rings is 1. The standard InChI is InChI=1S/C19H25N3O2S/c1-4-22(14-19(2,3)24)18(23)21-16-9-7-8-15(12-16)13-25-17-10-5-6-11-20-17/h5-12,24H,4,13-14H2,1-3H3,(H,21,23). The second-order valence-corrected chi connectivity index (χ2v) is 7.41. The third kappa shape index (κ3) is 6.76. The fraction of sp³-hybridized carbons (Fsp3) is 0.368. The van der Waals surface area contributed by atoms with Crippen molar-refractivity contribution in [2.24, 2.45) is 0 Å². The first-order valence-corrected chi connectivity index (χ1v) is 9.27. The van der Waals surface area contributed by atoms with E-state index in [0.717, 1.165) is 22.0 Å². The maximum Gasteiger partial charge on any atom is 0.321 e. The van der Waals surface area contributed by atoms with Crippen molar-refractivity contribution in [3.05, 3.63) is 54.2 Å². The number of carbonyl (C=O) groups is 1. The molecule has 6 heteroatoms. The van der Waals surface area contributed by atoms with Gasteiger partial charge in [0.05, 0.1) is 17.2 Å². The molecule has 2 rings (SSSR count). The van der Waals surface area contributed by atoms with Gasteiger partial charge in [-0.2, -0.15) is 0 Å². The summed E-state index contributed by atoms with van der Waals surface area (Å²) in [5.74, 6) is 0.780. The van der Waals surface area contributed by atoms with Gasteiger partial charge in [-0.25, -0.2) is 9.78 Å². The molecule has 1 heterocycles. The minimum Gasteiger partial charge on any atom is -0.389 e. The number of nitrogens with one attached hydrogen (secondary N) is 1. The van der Waals surface area contributed by atoms with Crippen molar-refractivity contribution in [2.45, 2.75) is 37.2 Å². The normalized spacial score (nSPS) is 11.2. The monoisotopic (exact) mass is 359 g/mol. The highest BCUT2D eigenvalue weighted by Gasteiger charge is 2.21. The molecule has 0 aliphatic rings. The van der Waals surface area contributed by atoms with Crippen LogP contribution in [0.1, 0.15) is 26.3 Å². The lowest BCUT2D eigenvalue weighted by Gasteiger charge is -2.28. The van der Waals surface area contributed by atoms with Crippen molar-refractivity contribution in [1.29, 1.82) is 0 Å². The largest absolute Gasteiger partial charge is 0.389 e. The first-order chi connectivity index (χ1) is 11.9. The number of hydrogen-bond acceptors (Lipinski definition) is 4. The number of hydrogen-bond donors (Lipinski definition) is 2. The predicted molar refractivity (Wildman–Crippen MR) is 103 cm³/mol. The highest BCUT2D eigenvalue weighted by atomic mass is 32.2. The molecule has 0 bridgehead atoms. The summed E-state index contributed by atoms with van der Waals surface area (Å²) in [5, 5.41) is 13.8. The van der Waals surface area contributed by atoms with Gasteiger partial charge in [0, 0.05) is 24.2 Å². The van der Waals surface area contributed by atoms with Crippen LogP contribution in [0.25, 0.3) is 0 Å². The minimum atomic E-state index is -0.922. The Morgan fingerprint density at radius 2 is 2.08 bits per heavy atom. The summed E-state index contributed by atoms with van der Waals surface area (Å²) in [6, 6.07) is 13.4. The van der Waals surface area contributed by atoms with Crippen LogP contribution in [0.3, 0.4) is 0 Å². The number of aromatic nitrogens is 1. The fourth-order valence-corrected chi connectivity index (χ4v) is 3.13. The van der Waals surface area contributed by atoms with Crippen molar-refractivity contribution in [3.63, 3.8) is 0 Å². The van der Waals surface area contributed by atoms with Gasteiger partial charge >= 0.3 is 6.03 Å². The molecule has 0 spiro atoms. The Morgan fingerprint density at radius 3 is 2.72 bits per heavy atom. The van der Waals surface area contributed by atoms with E-state index >= 15 is 0 Å². The molecule has 5 nitrogen and oxygen atoms in total. The number of amides is 2. The predicted octanol–water partition coefficient (Wildman–Crippen LogP) is 4.00. The Balaban J connectivity index is 1.97. The molecule has 2 amide bonds. The molecule has 0 atom stereocenters. The van der Waals surface area contributed by atoms with E-state index in [0.29, 0.717) is 6.54 Å². The summed E-state index contributed by atoms with van der Waals surface area (Å²) in [5.41, 5.74) is 0.937. The molecule has 0 radical (unpaired) electrons. The second kappa shape index (κ2) is 8.87. The number of aliphatic hydroxyl groups is 1. The molecular weight excluding hydrogens is 334 g/mol. The highest BCUT2D eigenvalue weighted by Crippen LogP contribution is 2.22. The summed E-state index contributed by atoms with van der Waals surface area (Å²) in [7, 11) is 0. The fourth-order valence-electron chi connectivity index (χ4n) is 2.33. The molecule has 1 aromatic heterocycles. The van der Waals surface area contributed by atoms with Gasteiger partial charge in [-0.1, -0.05) is 18.2 Å². The van der Waals surface area contributed by atoms with E-state index in [-0.39, 0.29) is 12.6 Å². The second-order valence-electron chi connectivity index (χ2n) is 6.41. The lowest BCUT2D eigenvalue weighted by Crippen LogP contribution is -2.44. The van der Waals surface area contributed by atoms with E-state index in [2.05, 4.69) is 10.3 Å². The van der Waals surface area contributed by atoms with Crippen LogP contribution in [-0.2, 0) is 5.75 Å². The number of thioether (sulfide) groups is 1. The van der Waals surface area contributed by atoms with E-state index in [1.54, 1.807) is 36.7 Å². The first-order valence-electron chi connectivity index (χ1n) is 8.28. The van der Waals surface area contributed by atoms with Crippen molar-refractivity contribution >= 4 is 23.5 Å². The topological polar surface area (TPSA) is 65.5 Å². The number of benzene rings is 1. The molecular formula is C19H25N3O2S. The number of anilines is 1. The van der Waals surface area contributed by atoms with Crippen LogP contribution in [0.4, 0.5) is 10.5 Å². The van der Waals surface area contributed by atoms with Gasteiger partial charge in [-0.15, -0.1) is 11.8 Å². The van der Waals surface area contributed by atoms with Crippen LogP contribution in [-0.4, -0.2) is 39.7 Å². The average Bonchev–Trinajstić information content (AvgIpc) is 2.58. The molecule has 1 aromatic carbocycles. The number of likely N-dealkylation sites (N-methyl/N-ethyl adjacent to an activating group) is 1. The SMILES string of the molecule is CCN(CC(C)(C)O)C(=O)Nc1cccc(CSc2ccccn2)c1. The van der Waals surface area contributed by atoms with Crippen LogP contribution < -0.4 is 5.32 Å². The van der Waals surface area contributed by atoms with Crippen molar-refractivity contribution in [2.75, 3.05) is 18.4 Å². The molecule has 2 aromatic rings.